The van der Waals surface area contributed by atoms with Crippen molar-refractivity contribution in [2.75, 3.05) is 18.5 Å². The summed E-state index contributed by atoms with van der Waals surface area (Å²) in [6.45, 7) is 5.02. The Bertz CT molecular complexity index is 554. The van der Waals surface area contributed by atoms with E-state index in [-0.39, 0.29) is 5.82 Å². The van der Waals surface area contributed by atoms with Gasteiger partial charge in [0, 0.05) is 12.2 Å². The molecule has 0 fully saturated rings. The highest BCUT2D eigenvalue weighted by atomic mass is 19.1. The number of hydrogen-bond donors (Lipinski definition) is 1. The standard InChI is InChI=1S/C16H18FNO/c1-12-7-8-14(17)16(11-12)19-10-9-18-15-6-4-3-5-13(15)2/h3-8,11,18H,9-10H2,1-2H3. The lowest BCUT2D eigenvalue weighted by Gasteiger charge is -2.11. The highest BCUT2D eigenvalue weighted by molar-refractivity contribution is 5.50. The van der Waals surface area contributed by atoms with Gasteiger partial charge in [-0.3, -0.25) is 0 Å². The first kappa shape index (κ1) is 13.4. The Morgan fingerprint density at radius 2 is 1.89 bits per heavy atom. The topological polar surface area (TPSA) is 21.3 Å². The van der Waals surface area contributed by atoms with Gasteiger partial charge >= 0.3 is 0 Å². The molecule has 2 rings (SSSR count). The predicted octanol–water partition coefficient (Wildman–Crippen LogP) is 3.93. The first-order valence-corrected chi connectivity index (χ1v) is 6.35. The van der Waals surface area contributed by atoms with E-state index in [0.717, 1.165) is 11.3 Å². The predicted molar refractivity (Wildman–Crippen MR) is 76.3 cm³/mol. The zero-order chi connectivity index (χ0) is 13.7. The van der Waals surface area contributed by atoms with Gasteiger partial charge in [-0.2, -0.15) is 0 Å². The van der Waals surface area contributed by atoms with Crippen LogP contribution >= 0.6 is 0 Å². The van der Waals surface area contributed by atoms with Gasteiger partial charge < -0.3 is 10.1 Å². The number of ether oxygens (including phenoxy) is 1. The third kappa shape index (κ3) is 3.71. The van der Waals surface area contributed by atoms with Gasteiger partial charge in [0.1, 0.15) is 6.61 Å². The molecule has 0 saturated carbocycles. The highest BCUT2D eigenvalue weighted by Crippen LogP contribution is 2.18. The lowest BCUT2D eigenvalue weighted by atomic mass is 10.2. The summed E-state index contributed by atoms with van der Waals surface area (Å²) in [5, 5.41) is 3.27. The van der Waals surface area contributed by atoms with E-state index in [0.29, 0.717) is 18.9 Å². The molecule has 3 heteroatoms. The highest BCUT2D eigenvalue weighted by Gasteiger charge is 2.03. The molecular weight excluding hydrogens is 241 g/mol. The van der Waals surface area contributed by atoms with Crippen LogP contribution in [0.25, 0.3) is 0 Å². The van der Waals surface area contributed by atoms with E-state index >= 15 is 0 Å². The number of anilines is 1. The maximum absolute atomic E-state index is 13.4. The van der Waals surface area contributed by atoms with Gasteiger partial charge in [-0.1, -0.05) is 24.3 Å². The number of para-hydroxylation sites is 1. The Labute approximate surface area is 113 Å². The van der Waals surface area contributed by atoms with Gasteiger partial charge in [-0.05, 0) is 43.2 Å². The lowest BCUT2D eigenvalue weighted by molar-refractivity contribution is 0.315. The van der Waals surface area contributed by atoms with E-state index in [4.69, 9.17) is 4.74 Å². The smallest absolute Gasteiger partial charge is 0.165 e. The fourth-order valence-corrected chi connectivity index (χ4v) is 1.84. The fourth-order valence-electron chi connectivity index (χ4n) is 1.84. The van der Waals surface area contributed by atoms with Crippen molar-refractivity contribution >= 4 is 5.69 Å². The second-order valence-corrected chi connectivity index (χ2v) is 4.52. The lowest BCUT2D eigenvalue weighted by Crippen LogP contribution is -2.12. The minimum Gasteiger partial charge on any atom is -0.489 e. The van der Waals surface area contributed by atoms with Crippen LogP contribution in [-0.2, 0) is 0 Å². The molecule has 100 valence electrons. The number of halogens is 1. The summed E-state index contributed by atoms with van der Waals surface area (Å²) in [6.07, 6.45) is 0. The number of hydrogen-bond acceptors (Lipinski definition) is 2. The molecule has 19 heavy (non-hydrogen) atoms. The Hall–Kier alpha value is -2.03. The maximum Gasteiger partial charge on any atom is 0.165 e. The molecule has 2 aromatic rings. The molecule has 0 unspecified atom stereocenters. The SMILES string of the molecule is Cc1ccc(F)c(OCCNc2ccccc2C)c1. The van der Waals surface area contributed by atoms with Crippen molar-refractivity contribution in [1.29, 1.82) is 0 Å². The van der Waals surface area contributed by atoms with E-state index in [1.54, 1.807) is 12.1 Å². The van der Waals surface area contributed by atoms with Crippen LogP contribution in [0.4, 0.5) is 10.1 Å². The van der Waals surface area contributed by atoms with Crippen molar-refractivity contribution < 1.29 is 9.13 Å². The maximum atomic E-state index is 13.4. The van der Waals surface area contributed by atoms with Crippen LogP contribution in [0.5, 0.6) is 5.75 Å². The number of nitrogens with one attached hydrogen (secondary N) is 1. The number of rotatable bonds is 5. The average Bonchev–Trinajstić information content (AvgIpc) is 2.40. The van der Waals surface area contributed by atoms with Crippen LogP contribution in [0.2, 0.25) is 0 Å². The first-order chi connectivity index (χ1) is 9.16. The molecule has 0 radical (unpaired) electrons. The molecule has 0 aliphatic heterocycles. The van der Waals surface area contributed by atoms with Crippen LogP contribution < -0.4 is 10.1 Å². The second-order valence-electron chi connectivity index (χ2n) is 4.52. The zero-order valence-corrected chi connectivity index (χ0v) is 11.2. The quantitative estimate of drug-likeness (QED) is 0.821. The number of benzene rings is 2. The van der Waals surface area contributed by atoms with E-state index in [1.165, 1.54) is 11.6 Å². The van der Waals surface area contributed by atoms with E-state index in [9.17, 15) is 4.39 Å². The summed E-state index contributed by atoms with van der Waals surface area (Å²) in [5.74, 6) is -0.00641. The minimum atomic E-state index is -0.318. The first-order valence-electron chi connectivity index (χ1n) is 6.35. The fraction of sp³-hybridized carbons (Fsp3) is 0.250. The van der Waals surface area contributed by atoms with Gasteiger partial charge in [0.2, 0.25) is 0 Å². The molecule has 0 bridgehead atoms. The van der Waals surface area contributed by atoms with Crippen LogP contribution in [0.3, 0.4) is 0 Å². The van der Waals surface area contributed by atoms with Gasteiger partial charge in [-0.15, -0.1) is 0 Å². The van der Waals surface area contributed by atoms with Crippen molar-refractivity contribution in [3.05, 3.63) is 59.4 Å². The Balaban J connectivity index is 1.84. The van der Waals surface area contributed by atoms with Crippen LogP contribution in [0, 0.1) is 19.7 Å². The summed E-state index contributed by atoms with van der Waals surface area (Å²) in [7, 11) is 0. The summed E-state index contributed by atoms with van der Waals surface area (Å²) in [6, 6.07) is 12.9. The van der Waals surface area contributed by atoms with Gasteiger partial charge in [0.05, 0.1) is 0 Å². The number of aryl methyl sites for hydroxylation is 2. The third-order valence-electron chi connectivity index (χ3n) is 2.91. The largest absolute Gasteiger partial charge is 0.489 e. The Morgan fingerprint density at radius 3 is 2.68 bits per heavy atom. The molecule has 0 aliphatic carbocycles. The molecule has 0 saturated heterocycles. The molecule has 0 heterocycles. The van der Waals surface area contributed by atoms with Crippen LogP contribution in [0.15, 0.2) is 42.5 Å². The van der Waals surface area contributed by atoms with Gasteiger partial charge in [0.25, 0.3) is 0 Å². The van der Waals surface area contributed by atoms with E-state index in [1.807, 2.05) is 38.1 Å². The molecule has 0 atom stereocenters. The molecule has 2 nitrogen and oxygen atoms in total. The summed E-state index contributed by atoms with van der Waals surface area (Å²) >= 11 is 0. The van der Waals surface area contributed by atoms with Crippen molar-refractivity contribution in [2.24, 2.45) is 0 Å². The Morgan fingerprint density at radius 1 is 1.11 bits per heavy atom. The summed E-state index contributed by atoms with van der Waals surface area (Å²) in [5.41, 5.74) is 3.25. The van der Waals surface area contributed by atoms with Crippen molar-refractivity contribution in [3.63, 3.8) is 0 Å². The van der Waals surface area contributed by atoms with Crippen molar-refractivity contribution in [2.45, 2.75) is 13.8 Å². The third-order valence-corrected chi connectivity index (χ3v) is 2.91. The minimum absolute atomic E-state index is 0.312. The van der Waals surface area contributed by atoms with Crippen LogP contribution in [0.1, 0.15) is 11.1 Å². The molecule has 2 aromatic carbocycles. The van der Waals surface area contributed by atoms with Gasteiger partial charge in [0.15, 0.2) is 11.6 Å². The molecule has 0 aliphatic rings. The van der Waals surface area contributed by atoms with E-state index < -0.39 is 0 Å². The molecule has 0 aromatic heterocycles. The monoisotopic (exact) mass is 259 g/mol. The molecule has 0 spiro atoms. The van der Waals surface area contributed by atoms with Crippen LogP contribution in [-0.4, -0.2) is 13.2 Å². The summed E-state index contributed by atoms with van der Waals surface area (Å²) < 4.78 is 18.9. The molecular formula is C16H18FNO. The summed E-state index contributed by atoms with van der Waals surface area (Å²) in [4.78, 5) is 0. The van der Waals surface area contributed by atoms with Crippen molar-refractivity contribution in [1.82, 2.24) is 0 Å². The molecule has 1 N–H and O–H groups in total. The van der Waals surface area contributed by atoms with E-state index in [2.05, 4.69) is 5.32 Å². The van der Waals surface area contributed by atoms with Gasteiger partial charge in [-0.25, -0.2) is 4.39 Å². The second kappa shape index (κ2) is 6.23. The molecule has 0 amide bonds. The normalized spacial score (nSPS) is 10.3. The Kier molecular flexibility index (Phi) is 4.39. The zero-order valence-electron chi connectivity index (χ0n) is 11.2. The average molecular weight is 259 g/mol. The van der Waals surface area contributed by atoms with Crippen molar-refractivity contribution in [3.8, 4) is 5.75 Å².